The topological polar surface area (TPSA) is 116 Å². The Morgan fingerprint density at radius 2 is 1.83 bits per heavy atom. The van der Waals surface area contributed by atoms with Crippen LogP contribution in [0.3, 0.4) is 0 Å². The van der Waals surface area contributed by atoms with Crippen molar-refractivity contribution in [3.63, 3.8) is 0 Å². The molecule has 23 heavy (non-hydrogen) atoms. The highest BCUT2D eigenvalue weighted by Crippen LogP contribution is 2.22. The lowest BCUT2D eigenvalue weighted by Gasteiger charge is -2.39. The Bertz CT molecular complexity index is 490. The molecule has 7 nitrogen and oxygen atoms in total. The van der Waals surface area contributed by atoms with Crippen LogP contribution in [0.25, 0.3) is 0 Å². The molecule has 0 aromatic heterocycles. The van der Waals surface area contributed by atoms with E-state index in [9.17, 15) is 25.2 Å². The highest BCUT2D eigenvalue weighted by molar-refractivity contribution is 5.79. The van der Waals surface area contributed by atoms with Crippen LogP contribution in [0, 0.1) is 0 Å². The van der Waals surface area contributed by atoms with Gasteiger partial charge in [0.15, 0.2) is 12.1 Å². The standard InChI is InChI=1S/C16H22O7/c17-8-12-15(13(19)14(20)16(21)23-12)22-9-11(18)7-6-10-4-2-1-3-5-10/h1-5,12-17,19-21H,6-9H2. The summed E-state index contributed by atoms with van der Waals surface area (Å²) in [5, 5.41) is 38.1. The highest BCUT2D eigenvalue weighted by atomic mass is 16.7. The molecule has 0 spiro atoms. The lowest BCUT2D eigenvalue weighted by Crippen LogP contribution is -2.59. The van der Waals surface area contributed by atoms with E-state index in [0.29, 0.717) is 6.42 Å². The van der Waals surface area contributed by atoms with Gasteiger partial charge in [-0.3, -0.25) is 4.79 Å². The van der Waals surface area contributed by atoms with Crippen LogP contribution >= 0.6 is 0 Å². The fourth-order valence-electron chi connectivity index (χ4n) is 2.46. The number of aliphatic hydroxyl groups excluding tert-OH is 4. The minimum atomic E-state index is -1.60. The van der Waals surface area contributed by atoms with Crippen LogP contribution in [0.4, 0.5) is 0 Å². The fourth-order valence-corrected chi connectivity index (χ4v) is 2.46. The van der Waals surface area contributed by atoms with Gasteiger partial charge in [-0.25, -0.2) is 0 Å². The van der Waals surface area contributed by atoms with Gasteiger partial charge in [0.05, 0.1) is 6.61 Å². The molecule has 0 amide bonds. The molecular weight excluding hydrogens is 304 g/mol. The molecule has 0 aliphatic carbocycles. The Morgan fingerprint density at radius 1 is 1.13 bits per heavy atom. The molecule has 0 saturated carbocycles. The first-order chi connectivity index (χ1) is 11.0. The molecule has 1 fully saturated rings. The van der Waals surface area contributed by atoms with Crippen LogP contribution in [-0.2, 0) is 20.7 Å². The monoisotopic (exact) mass is 326 g/mol. The maximum Gasteiger partial charge on any atom is 0.184 e. The zero-order valence-corrected chi connectivity index (χ0v) is 12.6. The number of carbonyl (C=O) groups is 1. The summed E-state index contributed by atoms with van der Waals surface area (Å²) in [6.07, 6.45) is -5.83. The minimum absolute atomic E-state index is 0.168. The molecule has 5 atom stereocenters. The van der Waals surface area contributed by atoms with Crippen molar-refractivity contribution in [2.24, 2.45) is 0 Å². The van der Waals surface area contributed by atoms with E-state index < -0.39 is 37.3 Å². The van der Waals surface area contributed by atoms with E-state index in [0.717, 1.165) is 5.56 Å². The van der Waals surface area contributed by atoms with Crippen LogP contribution in [0.1, 0.15) is 12.0 Å². The third-order valence-electron chi connectivity index (χ3n) is 3.81. The Balaban J connectivity index is 1.82. The van der Waals surface area contributed by atoms with E-state index in [4.69, 9.17) is 9.47 Å². The number of ether oxygens (including phenoxy) is 2. The van der Waals surface area contributed by atoms with Gasteiger partial charge in [0.2, 0.25) is 0 Å². The van der Waals surface area contributed by atoms with Crippen molar-refractivity contribution in [1.82, 2.24) is 0 Å². The predicted molar refractivity (Wildman–Crippen MR) is 79.5 cm³/mol. The van der Waals surface area contributed by atoms with Crippen molar-refractivity contribution >= 4 is 5.78 Å². The van der Waals surface area contributed by atoms with Gasteiger partial charge in [-0.05, 0) is 12.0 Å². The SMILES string of the molecule is O=C(CCc1ccccc1)COC1C(CO)OC(O)C(O)C1O. The summed E-state index contributed by atoms with van der Waals surface area (Å²) in [4.78, 5) is 11.9. The van der Waals surface area contributed by atoms with E-state index >= 15 is 0 Å². The van der Waals surface area contributed by atoms with Crippen molar-refractivity contribution < 1.29 is 34.7 Å². The molecule has 0 bridgehead atoms. The molecule has 1 heterocycles. The molecule has 1 saturated heterocycles. The summed E-state index contributed by atoms with van der Waals surface area (Å²) in [6, 6.07) is 9.53. The van der Waals surface area contributed by atoms with Crippen molar-refractivity contribution in [2.75, 3.05) is 13.2 Å². The second-order valence-electron chi connectivity index (χ2n) is 5.53. The number of aliphatic hydroxyl groups is 4. The van der Waals surface area contributed by atoms with E-state index in [2.05, 4.69) is 0 Å². The molecule has 5 unspecified atom stereocenters. The molecule has 1 aromatic rings. The highest BCUT2D eigenvalue weighted by Gasteiger charge is 2.44. The van der Waals surface area contributed by atoms with Crippen molar-refractivity contribution in [2.45, 2.75) is 43.5 Å². The average molecular weight is 326 g/mol. The normalized spacial score (nSPS) is 31.0. The third kappa shape index (κ3) is 4.81. The summed E-state index contributed by atoms with van der Waals surface area (Å²) in [7, 11) is 0. The Labute approximate surface area is 134 Å². The van der Waals surface area contributed by atoms with Gasteiger partial charge in [-0.15, -0.1) is 0 Å². The van der Waals surface area contributed by atoms with Crippen LogP contribution in [0.5, 0.6) is 0 Å². The van der Waals surface area contributed by atoms with Crippen LogP contribution < -0.4 is 0 Å². The zero-order valence-electron chi connectivity index (χ0n) is 12.6. The van der Waals surface area contributed by atoms with Gasteiger partial charge in [0.1, 0.15) is 31.0 Å². The van der Waals surface area contributed by atoms with Gasteiger partial charge < -0.3 is 29.9 Å². The first-order valence-electron chi connectivity index (χ1n) is 7.50. The average Bonchev–Trinajstić information content (AvgIpc) is 2.57. The van der Waals surface area contributed by atoms with Crippen molar-refractivity contribution in [3.05, 3.63) is 35.9 Å². The number of hydrogen-bond donors (Lipinski definition) is 4. The maximum atomic E-state index is 11.9. The van der Waals surface area contributed by atoms with Gasteiger partial charge in [-0.2, -0.15) is 0 Å². The second-order valence-corrected chi connectivity index (χ2v) is 5.53. The zero-order chi connectivity index (χ0) is 16.8. The summed E-state index contributed by atoms with van der Waals surface area (Å²) in [6.45, 7) is -0.777. The summed E-state index contributed by atoms with van der Waals surface area (Å²) in [5.41, 5.74) is 1.04. The molecule has 1 aliphatic heterocycles. The molecule has 128 valence electrons. The quantitative estimate of drug-likeness (QED) is 0.508. The first kappa shape index (κ1) is 18.0. The Hall–Kier alpha value is -1.35. The molecule has 0 radical (unpaired) electrons. The number of hydrogen-bond acceptors (Lipinski definition) is 7. The van der Waals surface area contributed by atoms with E-state index in [1.165, 1.54) is 0 Å². The van der Waals surface area contributed by atoms with Gasteiger partial charge in [0, 0.05) is 6.42 Å². The van der Waals surface area contributed by atoms with E-state index in [1.54, 1.807) is 0 Å². The Morgan fingerprint density at radius 3 is 2.48 bits per heavy atom. The predicted octanol–water partition coefficient (Wildman–Crippen LogP) is -0.995. The van der Waals surface area contributed by atoms with Crippen molar-refractivity contribution in [3.8, 4) is 0 Å². The summed E-state index contributed by atoms with van der Waals surface area (Å²) < 4.78 is 10.3. The summed E-state index contributed by atoms with van der Waals surface area (Å²) >= 11 is 0. The molecule has 1 aliphatic rings. The van der Waals surface area contributed by atoms with Gasteiger partial charge in [-0.1, -0.05) is 30.3 Å². The first-order valence-corrected chi connectivity index (χ1v) is 7.50. The largest absolute Gasteiger partial charge is 0.394 e. The maximum absolute atomic E-state index is 11.9. The minimum Gasteiger partial charge on any atom is -0.394 e. The smallest absolute Gasteiger partial charge is 0.184 e. The third-order valence-corrected chi connectivity index (χ3v) is 3.81. The van der Waals surface area contributed by atoms with Gasteiger partial charge >= 0.3 is 0 Å². The number of carbonyl (C=O) groups excluding carboxylic acids is 1. The summed E-state index contributed by atoms with van der Waals surface area (Å²) in [5.74, 6) is -0.168. The number of ketones is 1. The number of Topliss-reactive ketones (excluding diaryl/α,β-unsaturated/α-hetero) is 1. The van der Waals surface area contributed by atoms with Crippen molar-refractivity contribution in [1.29, 1.82) is 0 Å². The molecule has 1 aromatic carbocycles. The number of rotatable bonds is 7. The Kier molecular flexibility index (Phi) is 6.64. The van der Waals surface area contributed by atoms with E-state index in [-0.39, 0.29) is 18.8 Å². The lowest BCUT2D eigenvalue weighted by molar-refractivity contribution is -0.293. The molecule has 2 rings (SSSR count). The van der Waals surface area contributed by atoms with Gasteiger partial charge in [0.25, 0.3) is 0 Å². The molecular formula is C16H22O7. The fraction of sp³-hybridized carbons (Fsp3) is 0.562. The van der Waals surface area contributed by atoms with E-state index in [1.807, 2.05) is 30.3 Å². The van der Waals surface area contributed by atoms with Crippen LogP contribution in [-0.4, -0.2) is 70.1 Å². The second kappa shape index (κ2) is 8.49. The lowest BCUT2D eigenvalue weighted by atomic mass is 9.99. The number of benzene rings is 1. The number of aryl methyl sites for hydroxylation is 1. The van der Waals surface area contributed by atoms with Crippen LogP contribution in [0.15, 0.2) is 30.3 Å². The molecule has 7 heteroatoms. The van der Waals surface area contributed by atoms with Crippen LogP contribution in [0.2, 0.25) is 0 Å². The molecule has 4 N–H and O–H groups in total.